The van der Waals surface area contributed by atoms with Gasteiger partial charge in [0.2, 0.25) is 11.4 Å². The Kier molecular flexibility index (Phi) is 7.35. The fraction of sp³-hybridized carbons (Fsp3) is 0.321. The molecular formula is C28H31N5O4. The van der Waals surface area contributed by atoms with Gasteiger partial charge in [-0.25, -0.2) is 4.79 Å². The van der Waals surface area contributed by atoms with E-state index in [4.69, 9.17) is 10.5 Å². The molecule has 0 radical (unpaired) electrons. The Labute approximate surface area is 215 Å². The van der Waals surface area contributed by atoms with Crippen molar-refractivity contribution in [2.75, 3.05) is 18.4 Å². The third-order valence-corrected chi connectivity index (χ3v) is 6.15. The van der Waals surface area contributed by atoms with Crippen LogP contribution in [0.2, 0.25) is 0 Å². The quantitative estimate of drug-likeness (QED) is 0.283. The SMILES string of the molecule is CC(C)(C)OC(=O)[C@@]1(C(=O)Nc2ccc(N=Nc3ccccc3)c3ccccc23)CCCN1C(=O)CN. The Balaban J connectivity index is 1.71. The number of amides is 2. The van der Waals surface area contributed by atoms with Crippen molar-refractivity contribution in [3.8, 4) is 0 Å². The maximum absolute atomic E-state index is 13.8. The first-order valence-electron chi connectivity index (χ1n) is 12.2. The number of nitrogens with zero attached hydrogens (tertiary/aromatic N) is 3. The van der Waals surface area contributed by atoms with E-state index in [0.717, 1.165) is 10.8 Å². The van der Waals surface area contributed by atoms with Crippen molar-refractivity contribution in [1.82, 2.24) is 4.90 Å². The minimum absolute atomic E-state index is 0.140. The first-order valence-corrected chi connectivity index (χ1v) is 12.2. The summed E-state index contributed by atoms with van der Waals surface area (Å²) < 4.78 is 5.63. The van der Waals surface area contributed by atoms with Crippen molar-refractivity contribution >= 4 is 45.6 Å². The van der Waals surface area contributed by atoms with Gasteiger partial charge in [-0.15, -0.1) is 5.11 Å². The van der Waals surface area contributed by atoms with Crippen LogP contribution in [0.3, 0.4) is 0 Å². The fourth-order valence-corrected chi connectivity index (χ4v) is 4.48. The number of esters is 1. The summed E-state index contributed by atoms with van der Waals surface area (Å²) in [5, 5.41) is 13.1. The van der Waals surface area contributed by atoms with Crippen molar-refractivity contribution in [2.45, 2.75) is 44.8 Å². The molecule has 0 bridgehead atoms. The van der Waals surface area contributed by atoms with Gasteiger partial charge < -0.3 is 20.7 Å². The molecule has 1 atom stereocenters. The lowest BCUT2D eigenvalue weighted by Crippen LogP contribution is -2.62. The second-order valence-electron chi connectivity index (χ2n) is 9.88. The van der Waals surface area contributed by atoms with E-state index in [1.807, 2.05) is 54.6 Å². The van der Waals surface area contributed by atoms with Crippen molar-refractivity contribution < 1.29 is 19.1 Å². The highest BCUT2D eigenvalue weighted by atomic mass is 16.6. The number of fused-ring (bicyclic) bond motifs is 1. The van der Waals surface area contributed by atoms with Crippen molar-refractivity contribution in [3.63, 3.8) is 0 Å². The molecule has 4 rings (SSSR count). The van der Waals surface area contributed by atoms with Crippen LogP contribution in [0.4, 0.5) is 17.1 Å². The number of likely N-dealkylation sites (tertiary alicyclic amines) is 1. The molecule has 3 aromatic rings. The highest BCUT2D eigenvalue weighted by Gasteiger charge is 2.57. The number of azo groups is 1. The third kappa shape index (κ3) is 5.36. The van der Waals surface area contributed by atoms with E-state index < -0.39 is 28.9 Å². The zero-order valence-corrected chi connectivity index (χ0v) is 21.2. The molecule has 0 aliphatic carbocycles. The second kappa shape index (κ2) is 10.5. The number of rotatable bonds is 6. The summed E-state index contributed by atoms with van der Waals surface area (Å²) >= 11 is 0. The van der Waals surface area contributed by atoms with Gasteiger partial charge in [-0.3, -0.25) is 9.59 Å². The molecule has 3 aromatic carbocycles. The molecule has 0 spiro atoms. The van der Waals surface area contributed by atoms with Gasteiger partial charge in [0.15, 0.2) is 0 Å². The van der Waals surface area contributed by atoms with Gasteiger partial charge in [-0.05, 0) is 57.9 Å². The summed E-state index contributed by atoms with van der Waals surface area (Å²) in [6.07, 6.45) is 0.610. The van der Waals surface area contributed by atoms with E-state index in [-0.39, 0.29) is 19.5 Å². The molecule has 0 unspecified atom stereocenters. The first kappa shape index (κ1) is 26.0. The van der Waals surface area contributed by atoms with Gasteiger partial charge >= 0.3 is 5.97 Å². The minimum atomic E-state index is -1.81. The van der Waals surface area contributed by atoms with E-state index in [2.05, 4.69) is 15.5 Å². The Morgan fingerprint density at radius 1 is 0.973 bits per heavy atom. The number of nitrogens with two attached hydrogens (primary N) is 1. The van der Waals surface area contributed by atoms with E-state index in [1.54, 1.807) is 32.9 Å². The van der Waals surface area contributed by atoms with E-state index in [1.165, 1.54) is 4.90 Å². The summed E-state index contributed by atoms with van der Waals surface area (Å²) in [6, 6.07) is 20.3. The molecule has 192 valence electrons. The summed E-state index contributed by atoms with van der Waals surface area (Å²) in [5.41, 5.74) is 4.79. The maximum atomic E-state index is 13.8. The molecule has 2 amide bonds. The lowest BCUT2D eigenvalue weighted by Gasteiger charge is -2.36. The lowest BCUT2D eigenvalue weighted by molar-refractivity contribution is -0.173. The molecule has 0 saturated carbocycles. The monoisotopic (exact) mass is 501 g/mol. The predicted octanol–water partition coefficient (Wildman–Crippen LogP) is 4.86. The number of carbonyl (C=O) groups is 3. The zero-order valence-electron chi connectivity index (χ0n) is 21.2. The molecule has 37 heavy (non-hydrogen) atoms. The lowest BCUT2D eigenvalue weighted by atomic mass is 9.93. The van der Waals surface area contributed by atoms with Crippen LogP contribution in [-0.2, 0) is 19.1 Å². The molecule has 1 heterocycles. The minimum Gasteiger partial charge on any atom is -0.458 e. The van der Waals surface area contributed by atoms with Crippen LogP contribution in [0.15, 0.2) is 77.0 Å². The average Bonchev–Trinajstić information content (AvgIpc) is 3.34. The van der Waals surface area contributed by atoms with Crippen LogP contribution in [0, 0.1) is 0 Å². The molecule has 1 aliphatic rings. The Morgan fingerprint density at radius 2 is 1.65 bits per heavy atom. The smallest absolute Gasteiger partial charge is 0.342 e. The first-order chi connectivity index (χ1) is 17.7. The Morgan fingerprint density at radius 3 is 2.32 bits per heavy atom. The zero-order chi connectivity index (χ0) is 26.6. The van der Waals surface area contributed by atoms with E-state index in [9.17, 15) is 14.4 Å². The second-order valence-corrected chi connectivity index (χ2v) is 9.88. The molecule has 1 fully saturated rings. The van der Waals surface area contributed by atoms with E-state index >= 15 is 0 Å². The summed E-state index contributed by atoms with van der Waals surface area (Å²) in [6.45, 7) is 5.08. The molecule has 1 saturated heterocycles. The van der Waals surface area contributed by atoms with Crippen LogP contribution >= 0.6 is 0 Å². The Bertz CT molecular complexity index is 1350. The number of benzene rings is 3. The van der Waals surface area contributed by atoms with Crippen molar-refractivity contribution in [2.24, 2.45) is 16.0 Å². The van der Waals surface area contributed by atoms with Crippen LogP contribution in [0.1, 0.15) is 33.6 Å². The largest absolute Gasteiger partial charge is 0.458 e. The average molecular weight is 502 g/mol. The van der Waals surface area contributed by atoms with Crippen molar-refractivity contribution in [1.29, 1.82) is 0 Å². The van der Waals surface area contributed by atoms with Gasteiger partial charge in [-0.2, -0.15) is 5.11 Å². The van der Waals surface area contributed by atoms with Gasteiger partial charge in [0.05, 0.1) is 17.9 Å². The van der Waals surface area contributed by atoms with Crippen LogP contribution in [0.25, 0.3) is 10.8 Å². The normalized spacial score (nSPS) is 17.8. The van der Waals surface area contributed by atoms with Crippen LogP contribution in [-0.4, -0.2) is 46.9 Å². The number of nitrogens with one attached hydrogen (secondary N) is 1. The predicted molar refractivity (Wildman–Crippen MR) is 142 cm³/mol. The highest BCUT2D eigenvalue weighted by Crippen LogP contribution is 2.37. The highest BCUT2D eigenvalue weighted by molar-refractivity contribution is 6.17. The summed E-state index contributed by atoms with van der Waals surface area (Å²) in [4.78, 5) is 41.2. The molecule has 3 N–H and O–H groups in total. The molecule has 9 heteroatoms. The van der Waals surface area contributed by atoms with Gasteiger partial charge in [0.25, 0.3) is 5.91 Å². The van der Waals surface area contributed by atoms with E-state index in [0.29, 0.717) is 23.5 Å². The number of ether oxygens (including phenoxy) is 1. The van der Waals surface area contributed by atoms with Gasteiger partial charge in [0.1, 0.15) is 5.60 Å². The standard InChI is InChI=1S/C28H31N5O4/c1-27(2,3)37-26(36)28(16-9-17-33(28)24(34)18-29)25(35)30-22-14-15-23(21-13-8-7-12-20(21)22)32-31-19-10-5-4-6-11-19/h4-8,10-15H,9,16-18,29H2,1-3H3,(H,30,35)/t28-/m0/s1. The van der Waals surface area contributed by atoms with Crippen molar-refractivity contribution in [3.05, 3.63) is 66.7 Å². The molecule has 0 aromatic heterocycles. The topological polar surface area (TPSA) is 126 Å². The maximum Gasteiger partial charge on any atom is 0.342 e. The number of carbonyl (C=O) groups excluding carboxylic acids is 3. The Hall–Kier alpha value is -4.11. The third-order valence-electron chi connectivity index (χ3n) is 6.15. The number of anilines is 1. The molecule has 9 nitrogen and oxygen atoms in total. The fourth-order valence-electron chi connectivity index (χ4n) is 4.48. The summed E-state index contributed by atoms with van der Waals surface area (Å²) in [5.74, 6) is -1.89. The van der Waals surface area contributed by atoms with Crippen LogP contribution in [0.5, 0.6) is 0 Å². The van der Waals surface area contributed by atoms with Crippen LogP contribution < -0.4 is 11.1 Å². The molecular weight excluding hydrogens is 470 g/mol. The molecule has 1 aliphatic heterocycles. The number of hydrogen-bond acceptors (Lipinski definition) is 7. The van der Waals surface area contributed by atoms with Gasteiger partial charge in [0, 0.05) is 23.0 Å². The number of hydrogen-bond donors (Lipinski definition) is 2. The summed E-state index contributed by atoms with van der Waals surface area (Å²) in [7, 11) is 0. The van der Waals surface area contributed by atoms with Gasteiger partial charge in [-0.1, -0.05) is 42.5 Å².